The van der Waals surface area contributed by atoms with E-state index in [0.717, 1.165) is 37.4 Å². The van der Waals surface area contributed by atoms with E-state index in [4.69, 9.17) is 4.74 Å². The molecule has 1 atom stereocenters. The van der Waals surface area contributed by atoms with Crippen molar-refractivity contribution in [2.75, 3.05) is 26.7 Å². The van der Waals surface area contributed by atoms with Crippen molar-refractivity contribution in [3.8, 4) is 0 Å². The smallest absolute Gasteiger partial charge is 0.172 e. The fourth-order valence-electron chi connectivity index (χ4n) is 2.22. The van der Waals surface area contributed by atoms with Crippen LogP contribution < -0.4 is 0 Å². The van der Waals surface area contributed by atoms with E-state index in [1.165, 1.54) is 11.3 Å². The minimum atomic E-state index is 0.280. The van der Waals surface area contributed by atoms with Crippen LogP contribution in [0.2, 0.25) is 0 Å². The van der Waals surface area contributed by atoms with Crippen molar-refractivity contribution in [3.05, 3.63) is 22.4 Å². The lowest BCUT2D eigenvalue weighted by Gasteiger charge is -2.14. The summed E-state index contributed by atoms with van der Waals surface area (Å²) in [5, 5.41) is 1.96. The van der Waals surface area contributed by atoms with Gasteiger partial charge in [-0.2, -0.15) is 0 Å². The standard InChI is InChI=1S/C13H19NO2S/c1-16-11-6-8-14(10-11)7-2-4-12(15)13-5-3-9-17-13/h3,5,9,11H,2,4,6-8,10H2,1H3. The minimum absolute atomic E-state index is 0.280. The molecule has 0 aliphatic carbocycles. The van der Waals surface area contributed by atoms with Crippen LogP contribution in [0, 0.1) is 0 Å². The number of hydrogen-bond donors (Lipinski definition) is 0. The molecule has 1 fully saturated rings. The zero-order chi connectivity index (χ0) is 12.1. The van der Waals surface area contributed by atoms with Crippen LogP contribution in [0.3, 0.4) is 0 Å². The van der Waals surface area contributed by atoms with Crippen LogP contribution in [0.1, 0.15) is 28.9 Å². The summed E-state index contributed by atoms with van der Waals surface area (Å²) >= 11 is 1.53. The molecular weight excluding hydrogens is 234 g/mol. The highest BCUT2D eigenvalue weighted by Gasteiger charge is 2.21. The first-order chi connectivity index (χ1) is 8.29. The predicted octanol–water partition coefficient (Wildman–Crippen LogP) is 2.43. The lowest BCUT2D eigenvalue weighted by Crippen LogP contribution is -2.24. The summed E-state index contributed by atoms with van der Waals surface area (Å²) in [6.07, 6.45) is 3.12. The van der Waals surface area contributed by atoms with E-state index in [2.05, 4.69) is 4.90 Å². The summed E-state index contributed by atoms with van der Waals surface area (Å²) in [5.74, 6) is 0.280. The first kappa shape index (κ1) is 12.7. The summed E-state index contributed by atoms with van der Waals surface area (Å²) in [5.41, 5.74) is 0. The number of Topliss-reactive ketones (excluding diaryl/α,β-unsaturated/α-hetero) is 1. The normalized spacial score (nSPS) is 20.9. The Hall–Kier alpha value is -0.710. The maximum absolute atomic E-state index is 11.8. The molecule has 1 aliphatic heterocycles. The molecule has 2 heterocycles. The molecule has 17 heavy (non-hydrogen) atoms. The van der Waals surface area contributed by atoms with Gasteiger partial charge in [-0.25, -0.2) is 0 Å². The number of thiophene rings is 1. The van der Waals surface area contributed by atoms with E-state index in [0.29, 0.717) is 12.5 Å². The molecular formula is C13H19NO2S. The Morgan fingerprint density at radius 3 is 3.18 bits per heavy atom. The molecule has 1 saturated heterocycles. The number of methoxy groups -OCH3 is 1. The number of nitrogens with zero attached hydrogens (tertiary/aromatic N) is 1. The van der Waals surface area contributed by atoms with Gasteiger partial charge in [-0.05, 0) is 30.8 Å². The number of ketones is 1. The van der Waals surface area contributed by atoms with Gasteiger partial charge in [0, 0.05) is 26.6 Å². The second-order valence-corrected chi connectivity index (χ2v) is 5.40. The van der Waals surface area contributed by atoms with Gasteiger partial charge in [0.15, 0.2) is 5.78 Å². The summed E-state index contributed by atoms with van der Waals surface area (Å²) < 4.78 is 5.32. The van der Waals surface area contributed by atoms with Gasteiger partial charge in [-0.1, -0.05) is 6.07 Å². The van der Waals surface area contributed by atoms with Crippen molar-refractivity contribution in [1.29, 1.82) is 0 Å². The van der Waals surface area contributed by atoms with Crippen LogP contribution in [0.5, 0.6) is 0 Å². The second-order valence-electron chi connectivity index (χ2n) is 4.45. The predicted molar refractivity (Wildman–Crippen MR) is 69.7 cm³/mol. The van der Waals surface area contributed by atoms with Crippen molar-refractivity contribution in [2.24, 2.45) is 0 Å². The maximum atomic E-state index is 11.8. The highest BCUT2D eigenvalue weighted by atomic mass is 32.1. The molecule has 0 aromatic carbocycles. The van der Waals surface area contributed by atoms with Crippen LogP contribution in [0.25, 0.3) is 0 Å². The van der Waals surface area contributed by atoms with Crippen molar-refractivity contribution in [3.63, 3.8) is 0 Å². The van der Waals surface area contributed by atoms with E-state index in [1.807, 2.05) is 17.5 Å². The van der Waals surface area contributed by atoms with Crippen molar-refractivity contribution in [2.45, 2.75) is 25.4 Å². The van der Waals surface area contributed by atoms with Crippen molar-refractivity contribution >= 4 is 17.1 Å². The molecule has 1 aliphatic rings. The third-order valence-electron chi connectivity index (χ3n) is 3.24. The molecule has 1 aromatic heterocycles. The lowest BCUT2D eigenvalue weighted by atomic mass is 10.2. The topological polar surface area (TPSA) is 29.5 Å². The molecule has 3 nitrogen and oxygen atoms in total. The highest BCUT2D eigenvalue weighted by Crippen LogP contribution is 2.15. The molecule has 0 amide bonds. The van der Waals surface area contributed by atoms with Gasteiger partial charge in [-0.3, -0.25) is 4.79 Å². The molecule has 1 aromatic rings. The number of ether oxygens (including phenoxy) is 1. The summed E-state index contributed by atoms with van der Waals surface area (Å²) in [6, 6.07) is 3.84. The number of carbonyl (C=O) groups is 1. The molecule has 0 N–H and O–H groups in total. The van der Waals surface area contributed by atoms with Gasteiger partial charge in [-0.15, -0.1) is 11.3 Å². The first-order valence-electron chi connectivity index (χ1n) is 6.11. The number of rotatable bonds is 6. The average molecular weight is 253 g/mol. The third kappa shape index (κ3) is 3.63. The van der Waals surface area contributed by atoms with Gasteiger partial charge < -0.3 is 9.64 Å². The minimum Gasteiger partial charge on any atom is -0.380 e. The number of carbonyl (C=O) groups excluding carboxylic acids is 1. The maximum Gasteiger partial charge on any atom is 0.172 e. The Kier molecular flexibility index (Phi) is 4.71. The fourth-order valence-corrected chi connectivity index (χ4v) is 2.91. The van der Waals surface area contributed by atoms with E-state index >= 15 is 0 Å². The Balaban J connectivity index is 1.65. The molecule has 0 saturated carbocycles. The van der Waals surface area contributed by atoms with Gasteiger partial charge in [0.2, 0.25) is 0 Å². The Bertz CT molecular complexity index is 350. The Labute approximate surface area is 106 Å². The van der Waals surface area contributed by atoms with E-state index in [-0.39, 0.29) is 5.78 Å². The largest absolute Gasteiger partial charge is 0.380 e. The zero-order valence-electron chi connectivity index (χ0n) is 10.2. The quantitative estimate of drug-likeness (QED) is 0.729. The molecule has 94 valence electrons. The van der Waals surface area contributed by atoms with Gasteiger partial charge in [0.05, 0.1) is 11.0 Å². The number of likely N-dealkylation sites (tertiary alicyclic amines) is 1. The Morgan fingerprint density at radius 2 is 2.53 bits per heavy atom. The van der Waals surface area contributed by atoms with Crippen LogP contribution in [-0.4, -0.2) is 43.5 Å². The van der Waals surface area contributed by atoms with Gasteiger partial charge in [0.1, 0.15) is 0 Å². The molecule has 2 rings (SSSR count). The summed E-state index contributed by atoms with van der Waals surface area (Å²) in [6.45, 7) is 3.13. The van der Waals surface area contributed by atoms with Crippen molar-refractivity contribution < 1.29 is 9.53 Å². The SMILES string of the molecule is COC1CCN(CCCC(=O)c2cccs2)C1. The second kappa shape index (κ2) is 6.28. The molecule has 4 heteroatoms. The van der Waals surface area contributed by atoms with E-state index in [9.17, 15) is 4.79 Å². The van der Waals surface area contributed by atoms with Crippen molar-refractivity contribution in [1.82, 2.24) is 4.90 Å². The van der Waals surface area contributed by atoms with Crippen LogP contribution >= 0.6 is 11.3 Å². The monoisotopic (exact) mass is 253 g/mol. The molecule has 0 bridgehead atoms. The third-order valence-corrected chi connectivity index (χ3v) is 4.15. The molecule has 0 spiro atoms. The zero-order valence-corrected chi connectivity index (χ0v) is 11.0. The van der Waals surface area contributed by atoms with E-state index in [1.54, 1.807) is 7.11 Å². The number of hydrogen-bond acceptors (Lipinski definition) is 4. The van der Waals surface area contributed by atoms with Gasteiger partial charge >= 0.3 is 0 Å². The first-order valence-corrected chi connectivity index (χ1v) is 6.99. The van der Waals surface area contributed by atoms with E-state index < -0.39 is 0 Å². The Morgan fingerprint density at radius 1 is 1.65 bits per heavy atom. The summed E-state index contributed by atoms with van der Waals surface area (Å²) in [7, 11) is 1.77. The van der Waals surface area contributed by atoms with Crippen LogP contribution in [0.15, 0.2) is 17.5 Å². The van der Waals surface area contributed by atoms with Gasteiger partial charge in [0.25, 0.3) is 0 Å². The van der Waals surface area contributed by atoms with Crippen LogP contribution in [-0.2, 0) is 4.74 Å². The summed E-state index contributed by atoms with van der Waals surface area (Å²) in [4.78, 5) is 15.0. The molecule has 1 unspecified atom stereocenters. The molecule has 0 radical (unpaired) electrons. The lowest BCUT2D eigenvalue weighted by molar-refractivity contribution is 0.0972. The average Bonchev–Trinajstić information content (AvgIpc) is 3.00. The fraction of sp³-hybridized carbons (Fsp3) is 0.615. The van der Waals surface area contributed by atoms with Crippen LogP contribution in [0.4, 0.5) is 0 Å². The highest BCUT2D eigenvalue weighted by molar-refractivity contribution is 7.12.